The van der Waals surface area contributed by atoms with Gasteiger partial charge in [-0.15, -0.1) is 0 Å². The van der Waals surface area contributed by atoms with Crippen molar-refractivity contribution in [2.45, 2.75) is 20.4 Å². The van der Waals surface area contributed by atoms with Crippen LogP contribution in [0, 0.1) is 5.82 Å². The number of fused-ring (bicyclic) bond motifs is 1. The number of aromatic nitrogens is 1. The fourth-order valence-corrected chi connectivity index (χ4v) is 4.33. The van der Waals surface area contributed by atoms with E-state index in [9.17, 15) is 9.18 Å². The number of hydrogen-bond donors (Lipinski definition) is 0. The Balaban J connectivity index is 1.76. The molecule has 0 aliphatic rings. The summed E-state index contributed by atoms with van der Waals surface area (Å²) in [4.78, 5) is 19.7. The highest BCUT2D eigenvalue weighted by atomic mass is 32.1. The molecule has 1 amide bonds. The summed E-state index contributed by atoms with van der Waals surface area (Å²) in [5.74, 6) is 0.437. The number of halogens is 1. The molecule has 0 fully saturated rings. The van der Waals surface area contributed by atoms with E-state index in [1.165, 1.54) is 17.4 Å². The van der Waals surface area contributed by atoms with Crippen LogP contribution in [0.2, 0.25) is 0 Å². The van der Waals surface area contributed by atoms with Crippen LogP contribution in [0.3, 0.4) is 0 Å². The molecule has 0 saturated carbocycles. The van der Waals surface area contributed by atoms with E-state index in [1.807, 2.05) is 44.2 Å². The second kappa shape index (κ2) is 9.78. The van der Waals surface area contributed by atoms with Gasteiger partial charge in [-0.3, -0.25) is 9.69 Å². The molecular formula is C25H23FN2O3S. The van der Waals surface area contributed by atoms with E-state index in [1.54, 1.807) is 35.2 Å². The minimum Gasteiger partial charge on any atom is -0.490 e. The first-order valence-electron chi connectivity index (χ1n) is 10.4. The lowest BCUT2D eigenvalue weighted by atomic mass is 10.1. The van der Waals surface area contributed by atoms with E-state index < -0.39 is 5.82 Å². The van der Waals surface area contributed by atoms with Gasteiger partial charge in [-0.1, -0.05) is 47.7 Å². The van der Waals surface area contributed by atoms with Crippen molar-refractivity contribution in [3.63, 3.8) is 0 Å². The summed E-state index contributed by atoms with van der Waals surface area (Å²) < 4.78 is 26.3. The van der Waals surface area contributed by atoms with Crippen LogP contribution in [0.4, 0.5) is 9.52 Å². The molecule has 0 spiro atoms. The molecule has 0 aliphatic heterocycles. The lowest BCUT2D eigenvalue weighted by Crippen LogP contribution is -2.30. The number of nitrogens with zero attached hydrogens (tertiary/aromatic N) is 2. The van der Waals surface area contributed by atoms with Gasteiger partial charge in [0.2, 0.25) is 0 Å². The van der Waals surface area contributed by atoms with Gasteiger partial charge in [0.1, 0.15) is 11.3 Å². The number of rotatable bonds is 8. The highest BCUT2D eigenvalue weighted by Gasteiger charge is 2.24. The van der Waals surface area contributed by atoms with E-state index in [4.69, 9.17) is 9.47 Å². The van der Waals surface area contributed by atoms with E-state index >= 15 is 0 Å². The summed E-state index contributed by atoms with van der Waals surface area (Å²) in [6.07, 6.45) is 0. The molecule has 0 radical (unpaired) electrons. The average molecular weight is 451 g/mol. The third kappa shape index (κ3) is 4.57. The number of carbonyl (C=O) groups excluding carboxylic acids is 1. The van der Waals surface area contributed by atoms with Crippen molar-refractivity contribution in [1.82, 2.24) is 4.98 Å². The maximum Gasteiger partial charge on any atom is 0.260 e. The zero-order chi connectivity index (χ0) is 22.5. The second-order valence-electron chi connectivity index (χ2n) is 6.99. The Morgan fingerprint density at radius 3 is 2.44 bits per heavy atom. The molecule has 5 nitrogen and oxygen atoms in total. The first-order chi connectivity index (χ1) is 15.6. The summed E-state index contributed by atoms with van der Waals surface area (Å²) in [7, 11) is 0. The lowest BCUT2D eigenvalue weighted by molar-refractivity contribution is 0.0984. The zero-order valence-electron chi connectivity index (χ0n) is 17.9. The quantitative estimate of drug-likeness (QED) is 0.326. The monoisotopic (exact) mass is 450 g/mol. The smallest absolute Gasteiger partial charge is 0.260 e. The number of para-hydroxylation sites is 1. The highest BCUT2D eigenvalue weighted by Crippen LogP contribution is 2.34. The van der Waals surface area contributed by atoms with E-state index in [2.05, 4.69) is 4.98 Å². The standard InChI is InChI=1S/C25H23FN2O3S/c1-3-30-20-14-13-18(15-21(20)31-4-2)24(29)28(16-17-9-6-5-7-10-17)25-27-23-19(26)11-8-12-22(23)32-25/h5-15H,3-4,16H2,1-2H3. The van der Waals surface area contributed by atoms with Gasteiger partial charge in [0.15, 0.2) is 16.6 Å². The van der Waals surface area contributed by atoms with Gasteiger partial charge in [0.25, 0.3) is 5.91 Å². The van der Waals surface area contributed by atoms with Crippen LogP contribution in [0.5, 0.6) is 11.5 Å². The molecule has 1 heterocycles. The van der Waals surface area contributed by atoms with Gasteiger partial charge < -0.3 is 9.47 Å². The molecule has 0 unspecified atom stereocenters. The number of thiazole rings is 1. The third-order valence-electron chi connectivity index (χ3n) is 4.81. The second-order valence-corrected chi connectivity index (χ2v) is 8.00. The predicted molar refractivity (Wildman–Crippen MR) is 125 cm³/mol. The Morgan fingerprint density at radius 1 is 0.969 bits per heavy atom. The first-order valence-corrected chi connectivity index (χ1v) is 11.2. The molecular weight excluding hydrogens is 427 g/mol. The van der Waals surface area contributed by atoms with Crippen molar-refractivity contribution in [2.24, 2.45) is 0 Å². The van der Waals surface area contributed by atoms with Gasteiger partial charge in [-0.2, -0.15) is 0 Å². The Kier molecular flexibility index (Phi) is 6.66. The number of ether oxygens (including phenoxy) is 2. The molecule has 0 bridgehead atoms. The zero-order valence-corrected chi connectivity index (χ0v) is 18.7. The topological polar surface area (TPSA) is 51.7 Å². The number of carbonyl (C=O) groups is 1. The van der Waals surface area contributed by atoms with Crippen molar-refractivity contribution in [2.75, 3.05) is 18.1 Å². The van der Waals surface area contributed by atoms with E-state index in [0.717, 1.165) is 5.56 Å². The largest absolute Gasteiger partial charge is 0.490 e. The van der Waals surface area contributed by atoms with Crippen molar-refractivity contribution < 1.29 is 18.7 Å². The third-order valence-corrected chi connectivity index (χ3v) is 5.85. The summed E-state index contributed by atoms with van der Waals surface area (Å²) in [6, 6.07) is 19.6. The van der Waals surface area contributed by atoms with Crippen molar-refractivity contribution in [3.05, 3.63) is 83.7 Å². The number of amides is 1. The Hall–Kier alpha value is -3.45. The fraction of sp³-hybridized carbons (Fsp3) is 0.200. The molecule has 0 N–H and O–H groups in total. The molecule has 3 aromatic carbocycles. The van der Waals surface area contributed by atoms with Crippen LogP contribution in [0.1, 0.15) is 29.8 Å². The molecule has 164 valence electrons. The van der Waals surface area contributed by atoms with Crippen LogP contribution in [0.25, 0.3) is 10.2 Å². The summed E-state index contributed by atoms with van der Waals surface area (Å²) in [5.41, 5.74) is 1.64. The van der Waals surface area contributed by atoms with Crippen molar-refractivity contribution in [3.8, 4) is 11.5 Å². The molecule has 0 aliphatic carbocycles. The van der Waals surface area contributed by atoms with Gasteiger partial charge in [0.05, 0.1) is 24.5 Å². The lowest BCUT2D eigenvalue weighted by Gasteiger charge is -2.21. The molecule has 7 heteroatoms. The van der Waals surface area contributed by atoms with E-state index in [-0.39, 0.29) is 11.4 Å². The minimum absolute atomic E-state index is 0.252. The van der Waals surface area contributed by atoms with Crippen LogP contribution in [0.15, 0.2) is 66.7 Å². The molecule has 0 atom stereocenters. The molecule has 32 heavy (non-hydrogen) atoms. The van der Waals surface area contributed by atoms with Crippen molar-refractivity contribution >= 4 is 32.6 Å². The first kappa shape index (κ1) is 21.8. The summed E-state index contributed by atoms with van der Waals surface area (Å²) in [5, 5.41) is 0.436. The Bertz CT molecular complexity index is 1230. The van der Waals surface area contributed by atoms with Crippen LogP contribution in [-0.4, -0.2) is 24.1 Å². The van der Waals surface area contributed by atoms with E-state index in [0.29, 0.717) is 46.7 Å². The van der Waals surface area contributed by atoms with Crippen LogP contribution >= 0.6 is 11.3 Å². The summed E-state index contributed by atoms with van der Waals surface area (Å²) >= 11 is 1.29. The highest BCUT2D eigenvalue weighted by molar-refractivity contribution is 7.22. The van der Waals surface area contributed by atoms with Gasteiger partial charge >= 0.3 is 0 Å². The number of hydrogen-bond acceptors (Lipinski definition) is 5. The molecule has 1 aromatic heterocycles. The SMILES string of the molecule is CCOc1ccc(C(=O)N(Cc2ccccc2)c2nc3c(F)cccc3s2)cc1OCC. The molecule has 4 aromatic rings. The van der Waals surface area contributed by atoms with Crippen molar-refractivity contribution in [1.29, 1.82) is 0 Å². The molecule has 0 saturated heterocycles. The average Bonchev–Trinajstić information content (AvgIpc) is 3.25. The maximum atomic E-state index is 14.3. The number of benzene rings is 3. The minimum atomic E-state index is -0.406. The van der Waals surface area contributed by atoms with Gasteiger partial charge in [-0.05, 0) is 49.7 Å². The van der Waals surface area contributed by atoms with Crippen LogP contribution in [-0.2, 0) is 6.54 Å². The fourth-order valence-electron chi connectivity index (χ4n) is 3.35. The predicted octanol–water partition coefficient (Wildman–Crippen LogP) is 6.08. The van der Waals surface area contributed by atoms with Crippen LogP contribution < -0.4 is 14.4 Å². The van der Waals surface area contributed by atoms with Gasteiger partial charge in [-0.25, -0.2) is 9.37 Å². The summed E-state index contributed by atoms with van der Waals surface area (Å²) in [6.45, 7) is 5.01. The number of anilines is 1. The normalized spacial score (nSPS) is 10.8. The molecule has 4 rings (SSSR count). The Labute approximate surface area is 190 Å². The maximum absolute atomic E-state index is 14.3. The van der Waals surface area contributed by atoms with Gasteiger partial charge in [0, 0.05) is 5.56 Å². The Morgan fingerprint density at radius 2 is 1.72 bits per heavy atom.